The summed E-state index contributed by atoms with van der Waals surface area (Å²) >= 11 is 0. The first-order valence-corrected chi connectivity index (χ1v) is 6.50. The van der Waals surface area contributed by atoms with E-state index in [1.165, 1.54) is 0 Å². The van der Waals surface area contributed by atoms with Crippen LogP contribution in [-0.2, 0) is 11.3 Å². The number of carbonyl (C=O) groups excluding carboxylic acids is 1. The third kappa shape index (κ3) is 2.90. The van der Waals surface area contributed by atoms with Gasteiger partial charge < -0.3 is 15.2 Å². The highest BCUT2D eigenvalue weighted by Gasteiger charge is 2.32. The monoisotopic (exact) mass is 250 g/mol. The van der Waals surface area contributed by atoms with Crippen LogP contribution < -0.4 is 5.73 Å². The number of nitrogens with zero attached hydrogens (tertiary/aromatic N) is 3. The summed E-state index contributed by atoms with van der Waals surface area (Å²) in [5.74, 6) is 0.0691. The number of nitrogens with two attached hydrogens (primary N) is 1. The first-order valence-electron chi connectivity index (χ1n) is 6.50. The molecule has 0 radical (unpaired) electrons. The lowest BCUT2D eigenvalue weighted by molar-refractivity contribution is -0.134. The molecule has 0 bridgehead atoms. The number of aromatic nitrogens is 2. The van der Waals surface area contributed by atoms with E-state index in [1.54, 1.807) is 13.1 Å². The fourth-order valence-electron chi connectivity index (χ4n) is 2.53. The lowest BCUT2D eigenvalue weighted by Gasteiger charge is -2.40. The molecular formula is C13H22N4O. The fourth-order valence-corrected chi connectivity index (χ4v) is 2.53. The van der Waals surface area contributed by atoms with Crippen LogP contribution in [0.4, 0.5) is 0 Å². The Labute approximate surface area is 108 Å². The van der Waals surface area contributed by atoms with Crippen molar-refractivity contribution in [2.45, 2.75) is 39.3 Å². The van der Waals surface area contributed by atoms with Crippen molar-refractivity contribution < 1.29 is 4.79 Å². The minimum atomic E-state index is -0.386. The van der Waals surface area contributed by atoms with Gasteiger partial charge in [-0.1, -0.05) is 6.92 Å². The van der Waals surface area contributed by atoms with E-state index in [2.05, 4.69) is 16.5 Å². The van der Waals surface area contributed by atoms with Gasteiger partial charge in [0.15, 0.2) is 0 Å². The van der Waals surface area contributed by atoms with Gasteiger partial charge in [-0.15, -0.1) is 0 Å². The highest BCUT2D eigenvalue weighted by Crippen LogP contribution is 2.32. The standard InChI is InChI=1S/C13H22N4O/c1-11(14)12(18)17-6-3-13(2,4-7-17)9-16-8-5-15-10-16/h5,8,10-11H,3-4,6-7,9,14H2,1-2H3. The largest absolute Gasteiger partial charge is 0.341 e. The number of amides is 1. The number of hydrogen-bond acceptors (Lipinski definition) is 3. The van der Waals surface area contributed by atoms with Gasteiger partial charge in [-0.3, -0.25) is 4.79 Å². The molecule has 2 N–H and O–H groups in total. The number of imidazole rings is 1. The molecule has 1 atom stereocenters. The number of rotatable bonds is 3. The van der Waals surface area contributed by atoms with Crippen LogP contribution in [0, 0.1) is 5.41 Å². The van der Waals surface area contributed by atoms with Crippen LogP contribution in [0.5, 0.6) is 0 Å². The first-order chi connectivity index (χ1) is 8.50. The van der Waals surface area contributed by atoms with Gasteiger partial charge in [-0.05, 0) is 25.2 Å². The molecular weight excluding hydrogens is 228 g/mol. The van der Waals surface area contributed by atoms with Crippen LogP contribution in [0.2, 0.25) is 0 Å². The number of hydrogen-bond donors (Lipinski definition) is 1. The molecule has 1 aliphatic rings. The molecule has 2 heterocycles. The van der Waals surface area contributed by atoms with Crippen molar-refractivity contribution >= 4 is 5.91 Å². The average Bonchev–Trinajstić information content (AvgIpc) is 2.81. The molecule has 100 valence electrons. The van der Waals surface area contributed by atoms with E-state index < -0.39 is 0 Å². The van der Waals surface area contributed by atoms with Gasteiger partial charge in [0, 0.05) is 32.0 Å². The van der Waals surface area contributed by atoms with Crippen molar-refractivity contribution in [3.8, 4) is 0 Å². The Morgan fingerprint density at radius 1 is 1.50 bits per heavy atom. The molecule has 0 spiro atoms. The molecule has 1 aromatic heterocycles. The van der Waals surface area contributed by atoms with Crippen LogP contribution in [0.25, 0.3) is 0 Å². The molecule has 0 saturated carbocycles. The maximum atomic E-state index is 11.8. The van der Waals surface area contributed by atoms with Gasteiger partial charge in [0.25, 0.3) is 0 Å². The zero-order chi connectivity index (χ0) is 13.2. The van der Waals surface area contributed by atoms with E-state index >= 15 is 0 Å². The quantitative estimate of drug-likeness (QED) is 0.865. The molecule has 2 rings (SSSR count). The van der Waals surface area contributed by atoms with Crippen LogP contribution in [-0.4, -0.2) is 39.5 Å². The predicted octanol–water partition coefficient (Wildman–Crippen LogP) is 0.859. The van der Waals surface area contributed by atoms with E-state index in [0.717, 1.165) is 32.5 Å². The first kappa shape index (κ1) is 13.1. The topological polar surface area (TPSA) is 64.2 Å². The van der Waals surface area contributed by atoms with E-state index in [4.69, 9.17) is 5.73 Å². The van der Waals surface area contributed by atoms with E-state index in [1.807, 2.05) is 17.4 Å². The Bertz CT molecular complexity index is 391. The highest BCUT2D eigenvalue weighted by molar-refractivity contribution is 5.81. The maximum Gasteiger partial charge on any atom is 0.239 e. The molecule has 5 heteroatoms. The average molecular weight is 250 g/mol. The maximum absolute atomic E-state index is 11.8. The van der Waals surface area contributed by atoms with Crippen molar-refractivity contribution in [3.05, 3.63) is 18.7 Å². The smallest absolute Gasteiger partial charge is 0.239 e. The second kappa shape index (κ2) is 5.10. The SMILES string of the molecule is CC(N)C(=O)N1CCC(C)(Cn2ccnc2)CC1. The Morgan fingerprint density at radius 2 is 2.17 bits per heavy atom. The fraction of sp³-hybridized carbons (Fsp3) is 0.692. The van der Waals surface area contributed by atoms with Crippen molar-refractivity contribution in [2.75, 3.05) is 13.1 Å². The molecule has 1 amide bonds. The Kier molecular flexibility index (Phi) is 3.71. The number of piperidine rings is 1. The molecule has 1 fully saturated rings. The summed E-state index contributed by atoms with van der Waals surface area (Å²) in [6.45, 7) is 6.62. The van der Waals surface area contributed by atoms with Crippen molar-refractivity contribution in [1.29, 1.82) is 0 Å². The molecule has 1 aliphatic heterocycles. The Balaban J connectivity index is 1.91. The summed E-state index contributed by atoms with van der Waals surface area (Å²) < 4.78 is 2.11. The minimum Gasteiger partial charge on any atom is -0.341 e. The van der Waals surface area contributed by atoms with Gasteiger partial charge in [0.2, 0.25) is 5.91 Å². The van der Waals surface area contributed by atoms with Gasteiger partial charge in [0.1, 0.15) is 0 Å². The molecule has 0 aromatic carbocycles. The normalized spacial score (nSPS) is 20.7. The Hall–Kier alpha value is -1.36. The van der Waals surface area contributed by atoms with Crippen molar-refractivity contribution in [2.24, 2.45) is 11.1 Å². The van der Waals surface area contributed by atoms with Crippen LogP contribution in [0.1, 0.15) is 26.7 Å². The van der Waals surface area contributed by atoms with Gasteiger partial charge in [-0.2, -0.15) is 0 Å². The zero-order valence-corrected chi connectivity index (χ0v) is 11.2. The Morgan fingerprint density at radius 3 is 2.67 bits per heavy atom. The van der Waals surface area contributed by atoms with Crippen LogP contribution >= 0.6 is 0 Å². The lowest BCUT2D eigenvalue weighted by atomic mass is 9.80. The van der Waals surface area contributed by atoms with Crippen molar-refractivity contribution in [3.63, 3.8) is 0 Å². The van der Waals surface area contributed by atoms with E-state index in [-0.39, 0.29) is 17.4 Å². The second-order valence-electron chi connectivity index (χ2n) is 5.66. The second-order valence-corrected chi connectivity index (χ2v) is 5.66. The van der Waals surface area contributed by atoms with E-state index in [9.17, 15) is 4.79 Å². The van der Waals surface area contributed by atoms with Gasteiger partial charge >= 0.3 is 0 Å². The summed E-state index contributed by atoms with van der Waals surface area (Å²) in [5, 5.41) is 0. The summed E-state index contributed by atoms with van der Waals surface area (Å²) in [7, 11) is 0. The van der Waals surface area contributed by atoms with Gasteiger partial charge in [0.05, 0.1) is 12.4 Å². The van der Waals surface area contributed by atoms with Crippen LogP contribution in [0.15, 0.2) is 18.7 Å². The third-order valence-electron chi connectivity index (χ3n) is 3.80. The van der Waals surface area contributed by atoms with Gasteiger partial charge in [-0.25, -0.2) is 4.98 Å². The zero-order valence-electron chi connectivity index (χ0n) is 11.2. The summed E-state index contributed by atoms with van der Waals surface area (Å²) in [6.07, 6.45) is 7.68. The van der Waals surface area contributed by atoms with Crippen molar-refractivity contribution in [1.82, 2.24) is 14.5 Å². The summed E-state index contributed by atoms with van der Waals surface area (Å²) in [6, 6.07) is -0.386. The van der Waals surface area contributed by atoms with Crippen LogP contribution in [0.3, 0.4) is 0 Å². The molecule has 1 aromatic rings. The lowest BCUT2D eigenvalue weighted by Crippen LogP contribution is -2.48. The molecule has 5 nitrogen and oxygen atoms in total. The third-order valence-corrected chi connectivity index (χ3v) is 3.80. The minimum absolute atomic E-state index is 0.0691. The number of carbonyl (C=O) groups is 1. The summed E-state index contributed by atoms with van der Waals surface area (Å²) in [5.41, 5.74) is 5.89. The molecule has 1 saturated heterocycles. The number of likely N-dealkylation sites (tertiary alicyclic amines) is 1. The van der Waals surface area contributed by atoms with E-state index in [0.29, 0.717) is 0 Å². The highest BCUT2D eigenvalue weighted by atomic mass is 16.2. The molecule has 0 aliphatic carbocycles. The molecule has 1 unspecified atom stereocenters. The predicted molar refractivity (Wildman–Crippen MR) is 69.8 cm³/mol. The molecule has 18 heavy (non-hydrogen) atoms. The summed E-state index contributed by atoms with van der Waals surface area (Å²) in [4.78, 5) is 17.8.